The van der Waals surface area contributed by atoms with E-state index in [-0.39, 0.29) is 11.4 Å². The summed E-state index contributed by atoms with van der Waals surface area (Å²) in [6.07, 6.45) is 2.00. The highest BCUT2D eigenvalue weighted by atomic mass is 16.6. The summed E-state index contributed by atoms with van der Waals surface area (Å²) in [5.41, 5.74) is -0.741. The van der Waals surface area contributed by atoms with Gasteiger partial charge in [-0.1, -0.05) is 0 Å². The molecule has 3 rings (SSSR count). The van der Waals surface area contributed by atoms with Crippen molar-refractivity contribution < 1.29 is 9.53 Å². The van der Waals surface area contributed by atoms with Crippen LogP contribution in [0.3, 0.4) is 0 Å². The number of hydrogen-bond acceptors (Lipinski definition) is 4. The molecular weight excluding hydrogens is 204 g/mol. The van der Waals surface area contributed by atoms with Gasteiger partial charge in [0.1, 0.15) is 5.60 Å². The third kappa shape index (κ3) is 2.38. The minimum absolute atomic E-state index is 0.0552. The molecule has 0 spiro atoms. The van der Waals surface area contributed by atoms with E-state index in [9.17, 15) is 4.79 Å². The van der Waals surface area contributed by atoms with Crippen molar-refractivity contribution in [3.8, 4) is 0 Å². The number of nitrogens with one attached hydrogen (secondary N) is 2. The molecule has 4 heteroatoms. The van der Waals surface area contributed by atoms with Crippen LogP contribution in [0.2, 0.25) is 0 Å². The minimum atomic E-state index is -0.394. The molecule has 0 radical (unpaired) electrons. The summed E-state index contributed by atoms with van der Waals surface area (Å²) in [5.74, 6) is -0.0552. The molecule has 3 aliphatic rings. The third-order valence-corrected chi connectivity index (χ3v) is 3.39. The summed E-state index contributed by atoms with van der Waals surface area (Å²) < 4.78 is 5.53. The van der Waals surface area contributed by atoms with Crippen LogP contribution in [-0.4, -0.2) is 37.2 Å². The number of esters is 1. The Bertz CT molecular complexity index is 270. The van der Waals surface area contributed by atoms with Crippen molar-refractivity contribution in [3.05, 3.63) is 0 Å². The van der Waals surface area contributed by atoms with E-state index in [0.717, 1.165) is 32.5 Å². The lowest BCUT2D eigenvalue weighted by molar-refractivity contribution is -0.168. The predicted octanol–water partition coefficient (Wildman–Crippen LogP) is 0.670. The van der Waals surface area contributed by atoms with Crippen LogP contribution in [-0.2, 0) is 9.53 Å². The summed E-state index contributed by atoms with van der Waals surface area (Å²) in [5, 5.41) is 6.78. The minimum Gasteiger partial charge on any atom is -0.459 e. The highest BCUT2D eigenvalue weighted by Gasteiger charge is 2.46. The van der Waals surface area contributed by atoms with Crippen molar-refractivity contribution in [2.45, 2.75) is 45.3 Å². The van der Waals surface area contributed by atoms with Gasteiger partial charge in [0.05, 0.1) is 5.41 Å². The summed E-state index contributed by atoms with van der Waals surface area (Å²) in [4.78, 5) is 12.2. The predicted molar refractivity (Wildman–Crippen MR) is 62.2 cm³/mol. The van der Waals surface area contributed by atoms with Gasteiger partial charge in [0.25, 0.3) is 0 Å². The number of fused-ring (bicyclic) bond motifs is 4. The zero-order chi connectivity index (χ0) is 11.8. The molecule has 4 nitrogen and oxygen atoms in total. The number of rotatable bonds is 1. The quantitative estimate of drug-likeness (QED) is 0.645. The van der Waals surface area contributed by atoms with Crippen LogP contribution in [0.15, 0.2) is 0 Å². The van der Waals surface area contributed by atoms with Crippen LogP contribution in [0.5, 0.6) is 0 Å². The zero-order valence-electron chi connectivity index (χ0n) is 10.4. The smallest absolute Gasteiger partial charge is 0.315 e. The molecule has 0 aromatic rings. The lowest BCUT2D eigenvalue weighted by Crippen LogP contribution is -2.51. The molecule has 3 fully saturated rings. The molecule has 2 unspecified atom stereocenters. The standard InChI is InChI=1S/C12H22N2O2/c1-11(2,3)16-10(15)12-5-4-9(14-8-12)6-13-7-12/h9,13-14H,4-8H2,1-3H3. The molecule has 2 N–H and O–H groups in total. The molecule has 92 valence electrons. The van der Waals surface area contributed by atoms with E-state index < -0.39 is 5.60 Å². The molecule has 2 atom stereocenters. The molecule has 3 saturated heterocycles. The fourth-order valence-corrected chi connectivity index (χ4v) is 2.42. The lowest BCUT2D eigenvalue weighted by Gasteiger charge is -2.36. The van der Waals surface area contributed by atoms with Gasteiger partial charge in [-0.3, -0.25) is 4.79 Å². The highest BCUT2D eigenvalue weighted by molar-refractivity contribution is 5.78. The van der Waals surface area contributed by atoms with Crippen molar-refractivity contribution >= 4 is 5.97 Å². The number of carbonyl (C=O) groups excluding carboxylic acids is 1. The van der Waals surface area contributed by atoms with Gasteiger partial charge in [-0.15, -0.1) is 0 Å². The number of piperidine rings is 1. The topological polar surface area (TPSA) is 50.4 Å². The second kappa shape index (κ2) is 4.00. The van der Waals surface area contributed by atoms with Gasteiger partial charge in [0, 0.05) is 25.7 Å². The van der Waals surface area contributed by atoms with Gasteiger partial charge in [-0.2, -0.15) is 0 Å². The summed E-state index contributed by atoms with van der Waals surface area (Å²) >= 11 is 0. The number of ether oxygens (including phenoxy) is 1. The first-order valence-corrected chi connectivity index (χ1v) is 6.09. The van der Waals surface area contributed by atoms with E-state index in [0.29, 0.717) is 6.04 Å². The summed E-state index contributed by atoms with van der Waals surface area (Å²) in [6.45, 7) is 8.22. The summed E-state index contributed by atoms with van der Waals surface area (Å²) in [7, 11) is 0. The highest BCUT2D eigenvalue weighted by Crippen LogP contribution is 2.32. The fourth-order valence-electron chi connectivity index (χ4n) is 2.42. The molecule has 0 aromatic carbocycles. The van der Waals surface area contributed by atoms with Crippen molar-refractivity contribution in [1.29, 1.82) is 0 Å². The van der Waals surface area contributed by atoms with Crippen molar-refractivity contribution in [2.24, 2.45) is 5.41 Å². The van der Waals surface area contributed by atoms with Crippen LogP contribution in [0.1, 0.15) is 33.6 Å². The average Bonchev–Trinajstić information content (AvgIpc) is 2.48. The largest absolute Gasteiger partial charge is 0.459 e. The first-order chi connectivity index (χ1) is 7.41. The van der Waals surface area contributed by atoms with Crippen LogP contribution < -0.4 is 10.6 Å². The second-order valence-electron chi connectivity index (χ2n) is 6.03. The van der Waals surface area contributed by atoms with E-state index >= 15 is 0 Å². The molecule has 0 aliphatic carbocycles. The van der Waals surface area contributed by atoms with E-state index in [1.54, 1.807) is 0 Å². The molecule has 16 heavy (non-hydrogen) atoms. The Morgan fingerprint density at radius 1 is 1.38 bits per heavy atom. The van der Waals surface area contributed by atoms with Gasteiger partial charge < -0.3 is 15.4 Å². The van der Waals surface area contributed by atoms with Gasteiger partial charge in [0.15, 0.2) is 0 Å². The molecule has 2 bridgehead atoms. The maximum atomic E-state index is 12.2. The Hall–Kier alpha value is -0.610. The first-order valence-electron chi connectivity index (χ1n) is 6.09. The van der Waals surface area contributed by atoms with E-state index in [1.807, 2.05) is 20.8 Å². The van der Waals surface area contributed by atoms with Crippen molar-refractivity contribution in [3.63, 3.8) is 0 Å². The van der Waals surface area contributed by atoms with E-state index in [1.165, 1.54) is 0 Å². The molecular formula is C12H22N2O2. The average molecular weight is 226 g/mol. The van der Waals surface area contributed by atoms with Crippen molar-refractivity contribution in [1.82, 2.24) is 10.6 Å². The molecule has 0 aromatic heterocycles. The lowest BCUT2D eigenvalue weighted by atomic mass is 9.80. The van der Waals surface area contributed by atoms with Crippen LogP contribution in [0.25, 0.3) is 0 Å². The normalized spacial score (nSPS) is 34.6. The maximum Gasteiger partial charge on any atom is 0.315 e. The number of carbonyl (C=O) groups is 1. The Balaban J connectivity index is 2.08. The Morgan fingerprint density at radius 2 is 2.12 bits per heavy atom. The third-order valence-electron chi connectivity index (χ3n) is 3.39. The van der Waals surface area contributed by atoms with Gasteiger partial charge in [-0.25, -0.2) is 0 Å². The maximum absolute atomic E-state index is 12.2. The van der Waals surface area contributed by atoms with E-state index in [2.05, 4.69) is 10.6 Å². The van der Waals surface area contributed by atoms with Gasteiger partial charge in [-0.05, 0) is 33.6 Å². The number of hydrogen-bond donors (Lipinski definition) is 2. The monoisotopic (exact) mass is 226 g/mol. The van der Waals surface area contributed by atoms with Gasteiger partial charge >= 0.3 is 5.97 Å². The molecule has 0 amide bonds. The van der Waals surface area contributed by atoms with Crippen molar-refractivity contribution in [2.75, 3.05) is 19.6 Å². The Kier molecular flexibility index (Phi) is 2.97. The van der Waals surface area contributed by atoms with Gasteiger partial charge in [0.2, 0.25) is 0 Å². The first kappa shape index (κ1) is 11.9. The van der Waals surface area contributed by atoms with Crippen LogP contribution >= 0.6 is 0 Å². The molecule has 3 aliphatic heterocycles. The molecule has 3 heterocycles. The van der Waals surface area contributed by atoms with E-state index in [4.69, 9.17) is 4.74 Å². The van der Waals surface area contributed by atoms with Crippen LogP contribution in [0.4, 0.5) is 0 Å². The molecule has 0 saturated carbocycles. The Morgan fingerprint density at radius 3 is 2.69 bits per heavy atom. The van der Waals surface area contributed by atoms with Crippen LogP contribution in [0, 0.1) is 5.41 Å². The fraction of sp³-hybridized carbons (Fsp3) is 0.917. The Labute approximate surface area is 97.1 Å². The zero-order valence-corrected chi connectivity index (χ0v) is 10.4. The second-order valence-corrected chi connectivity index (χ2v) is 6.03. The summed E-state index contributed by atoms with van der Waals surface area (Å²) in [6, 6.07) is 0.526. The SMILES string of the molecule is CC(C)(C)OC(=O)C12CCC(CNC1)NC2.